The number of hydrogen-bond acceptors (Lipinski definition) is 2. The first-order chi connectivity index (χ1) is 5.65. The minimum atomic E-state index is -0.0538. The molecule has 1 aromatic rings. The van der Waals surface area contributed by atoms with Crippen molar-refractivity contribution in [1.29, 1.82) is 0 Å². The van der Waals surface area contributed by atoms with Crippen LogP contribution in [0, 0.1) is 6.92 Å². The van der Waals surface area contributed by atoms with Gasteiger partial charge in [-0.1, -0.05) is 28.1 Å². The first kappa shape index (κ1) is 9.71. The van der Waals surface area contributed by atoms with Gasteiger partial charge in [-0.25, -0.2) is 0 Å². The number of halogens is 1. The van der Waals surface area contributed by atoms with E-state index in [1.54, 1.807) is 0 Å². The van der Waals surface area contributed by atoms with Gasteiger partial charge in [-0.05, 0) is 24.1 Å². The van der Waals surface area contributed by atoms with E-state index in [1.165, 1.54) is 5.56 Å². The van der Waals surface area contributed by atoms with Gasteiger partial charge in [-0.15, -0.1) is 0 Å². The van der Waals surface area contributed by atoms with E-state index in [2.05, 4.69) is 15.9 Å². The Balaban J connectivity index is 2.96. The van der Waals surface area contributed by atoms with Gasteiger partial charge in [0.2, 0.25) is 0 Å². The number of hydrogen-bond donors (Lipinski definition) is 2. The molecule has 0 aromatic heterocycles. The van der Waals surface area contributed by atoms with Crippen LogP contribution in [0.2, 0.25) is 0 Å². The third-order valence-corrected chi connectivity index (χ3v) is 2.73. The number of nitrogens with two attached hydrogens (primary N) is 2. The maximum atomic E-state index is 5.77. The normalized spacial score (nSPS) is 13.0. The molecule has 1 aromatic carbocycles. The van der Waals surface area contributed by atoms with Crippen LogP contribution in [0.5, 0.6) is 0 Å². The summed E-state index contributed by atoms with van der Waals surface area (Å²) in [5.74, 6) is 0. The van der Waals surface area contributed by atoms with Crippen LogP contribution in [0.15, 0.2) is 22.7 Å². The van der Waals surface area contributed by atoms with Crippen molar-refractivity contribution in [2.24, 2.45) is 11.5 Å². The lowest BCUT2D eigenvalue weighted by atomic mass is 10.1. The summed E-state index contributed by atoms with van der Waals surface area (Å²) in [7, 11) is 0. The van der Waals surface area contributed by atoms with Crippen molar-refractivity contribution < 1.29 is 0 Å². The topological polar surface area (TPSA) is 52.0 Å². The van der Waals surface area contributed by atoms with Crippen molar-refractivity contribution in [3.05, 3.63) is 33.8 Å². The van der Waals surface area contributed by atoms with Crippen molar-refractivity contribution in [2.45, 2.75) is 13.0 Å². The SMILES string of the molecule is Cc1ccc(C(N)CN)cc1Br. The second-order valence-electron chi connectivity index (χ2n) is 2.85. The maximum Gasteiger partial charge on any atom is 0.0419 e. The second kappa shape index (κ2) is 4.03. The van der Waals surface area contributed by atoms with Crippen LogP contribution in [0.25, 0.3) is 0 Å². The van der Waals surface area contributed by atoms with Crippen LogP contribution >= 0.6 is 15.9 Å². The minimum Gasteiger partial charge on any atom is -0.329 e. The predicted octanol–water partition coefficient (Wildman–Crippen LogP) is 1.72. The summed E-state index contributed by atoms with van der Waals surface area (Å²) in [5, 5.41) is 0. The molecule has 1 atom stereocenters. The Labute approximate surface area is 81.1 Å². The maximum absolute atomic E-state index is 5.77. The average molecular weight is 229 g/mol. The Morgan fingerprint density at radius 1 is 1.50 bits per heavy atom. The van der Waals surface area contributed by atoms with E-state index in [4.69, 9.17) is 11.5 Å². The van der Waals surface area contributed by atoms with Gasteiger partial charge in [0.1, 0.15) is 0 Å². The zero-order valence-corrected chi connectivity index (χ0v) is 8.64. The molecule has 0 heterocycles. The van der Waals surface area contributed by atoms with Crippen LogP contribution in [-0.2, 0) is 0 Å². The van der Waals surface area contributed by atoms with Gasteiger partial charge in [0, 0.05) is 17.1 Å². The highest BCUT2D eigenvalue weighted by molar-refractivity contribution is 9.10. The van der Waals surface area contributed by atoms with Crippen LogP contribution in [0.4, 0.5) is 0 Å². The summed E-state index contributed by atoms with van der Waals surface area (Å²) < 4.78 is 1.09. The summed E-state index contributed by atoms with van der Waals surface area (Å²) in [6.45, 7) is 2.53. The summed E-state index contributed by atoms with van der Waals surface area (Å²) in [5.41, 5.74) is 13.5. The average Bonchev–Trinajstić information content (AvgIpc) is 2.08. The minimum absolute atomic E-state index is 0.0538. The Morgan fingerprint density at radius 3 is 2.67 bits per heavy atom. The number of rotatable bonds is 2. The van der Waals surface area contributed by atoms with Crippen molar-refractivity contribution in [2.75, 3.05) is 6.54 Å². The van der Waals surface area contributed by atoms with Crippen LogP contribution in [0.1, 0.15) is 17.2 Å². The molecule has 0 aliphatic carbocycles. The molecule has 12 heavy (non-hydrogen) atoms. The van der Waals surface area contributed by atoms with E-state index in [0.29, 0.717) is 6.54 Å². The molecule has 1 unspecified atom stereocenters. The summed E-state index contributed by atoms with van der Waals surface area (Å²) in [4.78, 5) is 0. The van der Waals surface area contributed by atoms with Gasteiger partial charge in [-0.3, -0.25) is 0 Å². The van der Waals surface area contributed by atoms with Gasteiger partial charge in [0.25, 0.3) is 0 Å². The molecule has 3 heteroatoms. The highest BCUT2D eigenvalue weighted by Gasteiger charge is 2.04. The smallest absolute Gasteiger partial charge is 0.0419 e. The highest BCUT2D eigenvalue weighted by Crippen LogP contribution is 2.20. The fraction of sp³-hybridized carbons (Fsp3) is 0.333. The molecule has 2 nitrogen and oxygen atoms in total. The van der Waals surface area contributed by atoms with Crippen LogP contribution in [0.3, 0.4) is 0 Å². The van der Waals surface area contributed by atoms with E-state index in [9.17, 15) is 0 Å². The van der Waals surface area contributed by atoms with Crippen molar-refractivity contribution in [1.82, 2.24) is 0 Å². The van der Waals surface area contributed by atoms with E-state index < -0.39 is 0 Å². The van der Waals surface area contributed by atoms with Gasteiger partial charge < -0.3 is 11.5 Å². The first-order valence-electron chi connectivity index (χ1n) is 3.87. The Hall–Kier alpha value is -0.380. The highest BCUT2D eigenvalue weighted by atomic mass is 79.9. The molecule has 0 aliphatic heterocycles. The molecule has 0 radical (unpaired) electrons. The largest absolute Gasteiger partial charge is 0.329 e. The molecule has 0 aliphatic rings. The molecule has 0 amide bonds. The monoisotopic (exact) mass is 228 g/mol. The molecule has 0 saturated heterocycles. The molecular formula is C9H13BrN2. The van der Waals surface area contributed by atoms with Crippen LogP contribution < -0.4 is 11.5 Å². The van der Waals surface area contributed by atoms with Crippen molar-refractivity contribution in [3.63, 3.8) is 0 Å². The third-order valence-electron chi connectivity index (χ3n) is 1.88. The Kier molecular flexibility index (Phi) is 3.26. The molecule has 0 bridgehead atoms. The zero-order valence-electron chi connectivity index (χ0n) is 7.05. The van der Waals surface area contributed by atoms with E-state index >= 15 is 0 Å². The fourth-order valence-electron chi connectivity index (χ4n) is 0.976. The molecule has 1 rings (SSSR count). The molecule has 4 N–H and O–H groups in total. The summed E-state index contributed by atoms with van der Waals surface area (Å²) >= 11 is 3.45. The lowest BCUT2D eigenvalue weighted by molar-refractivity contribution is 0.736. The Bertz CT molecular complexity index is 273. The molecular weight excluding hydrogens is 216 g/mol. The number of aryl methyl sites for hydroxylation is 1. The van der Waals surface area contributed by atoms with E-state index in [-0.39, 0.29) is 6.04 Å². The first-order valence-corrected chi connectivity index (χ1v) is 4.66. The molecule has 66 valence electrons. The third kappa shape index (κ3) is 2.06. The molecule has 0 fully saturated rings. The molecule has 0 spiro atoms. The Morgan fingerprint density at radius 2 is 2.17 bits per heavy atom. The lowest BCUT2D eigenvalue weighted by Crippen LogP contribution is -2.20. The fourth-order valence-corrected chi connectivity index (χ4v) is 1.37. The zero-order chi connectivity index (χ0) is 9.14. The van der Waals surface area contributed by atoms with E-state index in [1.807, 2.05) is 25.1 Å². The van der Waals surface area contributed by atoms with Crippen molar-refractivity contribution in [3.8, 4) is 0 Å². The van der Waals surface area contributed by atoms with Gasteiger partial charge in [0.15, 0.2) is 0 Å². The van der Waals surface area contributed by atoms with Gasteiger partial charge >= 0.3 is 0 Å². The number of benzene rings is 1. The van der Waals surface area contributed by atoms with Crippen molar-refractivity contribution >= 4 is 15.9 Å². The van der Waals surface area contributed by atoms with Crippen LogP contribution in [-0.4, -0.2) is 6.54 Å². The standard InChI is InChI=1S/C9H13BrN2/c1-6-2-3-7(4-8(6)10)9(12)5-11/h2-4,9H,5,11-12H2,1H3. The predicted molar refractivity (Wildman–Crippen MR) is 54.9 cm³/mol. The molecule has 0 saturated carbocycles. The lowest BCUT2D eigenvalue weighted by Gasteiger charge is -2.09. The van der Waals surface area contributed by atoms with E-state index in [0.717, 1.165) is 10.0 Å². The summed E-state index contributed by atoms with van der Waals surface area (Å²) in [6.07, 6.45) is 0. The quantitative estimate of drug-likeness (QED) is 0.811. The van der Waals surface area contributed by atoms with Gasteiger partial charge in [0.05, 0.1) is 0 Å². The van der Waals surface area contributed by atoms with Gasteiger partial charge in [-0.2, -0.15) is 0 Å². The summed E-state index contributed by atoms with van der Waals surface area (Å²) in [6, 6.07) is 6.02. The second-order valence-corrected chi connectivity index (χ2v) is 3.71.